The molecule has 21 heavy (non-hydrogen) atoms. The molecule has 1 aromatic rings. The molecule has 1 atom stereocenters. The van der Waals surface area contributed by atoms with Gasteiger partial charge in [-0.15, -0.1) is 0 Å². The summed E-state index contributed by atoms with van der Waals surface area (Å²) in [5.74, 6) is -1.49. The van der Waals surface area contributed by atoms with Crippen molar-refractivity contribution in [2.24, 2.45) is 0 Å². The van der Waals surface area contributed by atoms with Crippen molar-refractivity contribution < 1.29 is 24.6 Å². The zero-order valence-electron chi connectivity index (χ0n) is 12.1. The number of hydrogen-bond donors (Lipinski definition) is 4. The number of nitrogens with one attached hydrogen (secondary N) is 2. The van der Waals surface area contributed by atoms with E-state index in [1.165, 1.54) is 6.92 Å². The Hall–Kier alpha value is -2.41. The number of benzene rings is 1. The van der Waals surface area contributed by atoms with Crippen LogP contribution in [0.5, 0.6) is 0 Å². The zero-order chi connectivity index (χ0) is 16.2. The molecule has 114 valence electrons. The third kappa shape index (κ3) is 4.57. The standard InChI is InChI=1S/C14H18N2O5/c1-8-6-10(4-5-11(8)9(2)17)16-13(20)15-7-14(3,21)12(18)19/h4-6,21H,7H2,1-3H3,(H,18,19)(H2,15,16,20). The lowest BCUT2D eigenvalue weighted by molar-refractivity contribution is -0.155. The van der Waals surface area contributed by atoms with E-state index in [-0.39, 0.29) is 5.78 Å². The molecule has 2 amide bonds. The van der Waals surface area contributed by atoms with Gasteiger partial charge in [0.2, 0.25) is 0 Å². The van der Waals surface area contributed by atoms with Crippen molar-refractivity contribution in [2.45, 2.75) is 26.4 Å². The molecule has 7 heteroatoms. The highest BCUT2D eigenvalue weighted by atomic mass is 16.4. The fourth-order valence-corrected chi connectivity index (χ4v) is 1.64. The van der Waals surface area contributed by atoms with E-state index in [1.807, 2.05) is 0 Å². The van der Waals surface area contributed by atoms with Gasteiger partial charge in [0.15, 0.2) is 11.4 Å². The largest absolute Gasteiger partial charge is 0.479 e. The van der Waals surface area contributed by atoms with E-state index in [2.05, 4.69) is 10.6 Å². The van der Waals surface area contributed by atoms with Gasteiger partial charge < -0.3 is 20.8 Å². The van der Waals surface area contributed by atoms with Gasteiger partial charge in [-0.3, -0.25) is 4.79 Å². The van der Waals surface area contributed by atoms with Gasteiger partial charge in [-0.2, -0.15) is 0 Å². The van der Waals surface area contributed by atoms with Gasteiger partial charge in [-0.05, 0) is 44.5 Å². The molecule has 0 heterocycles. The molecular formula is C14H18N2O5. The molecule has 0 bridgehead atoms. The highest BCUT2D eigenvalue weighted by molar-refractivity contribution is 5.97. The van der Waals surface area contributed by atoms with E-state index in [0.29, 0.717) is 11.3 Å². The van der Waals surface area contributed by atoms with Crippen LogP contribution in [0.2, 0.25) is 0 Å². The minimum absolute atomic E-state index is 0.0685. The number of amides is 2. The summed E-state index contributed by atoms with van der Waals surface area (Å²) in [4.78, 5) is 33.6. The monoisotopic (exact) mass is 294 g/mol. The number of urea groups is 1. The van der Waals surface area contributed by atoms with Crippen molar-refractivity contribution in [2.75, 3.05) is 11.9 Å². The molecule has 0 radical (unpaired) electrons. The average molecular weight is 294 g/mol. The van der Waals surface area contributed by atoms with Gasteiger partial charge in [-0.1, -0.05) is 0 Å². The first kappa shape index (κ1) is 16.6. The predicted molar refractivity (Wildman–Crippen MR) is 76.5 cm³/mol. The molecule has 0 aliphatic heterocycles. The lowest BCUT2D eigenvalue weighted by atomic mass is 10.1. The van der Waals surface area contributed by atoms with Gasteiger partial charge in [-0.25, -0.2) is 9.59 Å². The Morgan fingerprint density at radius 2 is 1.90 bits per heavy atom. The Labute approximate surface area is 122 Å². The lowest BCUT2D eigenvalue weighted by Gasteiger charge is -2.18. The van der Waals surface area contributed by atoms with Crippen molar-refractivity contribution >= 4 is 23.5 Å². The molecule has 4 N–H and O–H groups in total. The second-order valence-electron chi connectivity index (χ2n) is 4.97. The SMILES string of the molecule is CC(=O)c1ccc(NC(=O)NCC(C)(O)C(=O)O)cc1C. The smallest absolute Gasteiger partial charge is 0.337 e. The summed E-state index contributed by atoms with van der Waals surface area (Å²) in [7, 11) is 0. The van der Waals surface area contributed by atoms with Crippen molar-refractivity contribution in [3.8, 4) is 0 Å². The van der Waals surface area contributed by atoms with Crippen molar-refractivity contribution in [3.63, 3.8) is 0 Å². The summed E-state index contributed by atoms with van der Waals surface area (Å²) in [5, 5.41) is 22.9. The van der Waals surface area contributed by atoms with Crippen molar-refractivity contribution in [1.82, 2.24) is 5.32 Å². The molecule has 0 aromatic heterocycles. The Kier molecular flexibility index (Phi) is 5.04. The van der Waals surface area contributed by atoms with Gasteiger partial charge >= 0.3 is 12.0 Å². The molecule has 0 fully saturated rings. The number of carbonyl (C=O) groups is 3. The van der Waals surface area contributed by atoms with E-state index < -0.39 is 24.1 Å². The van der Waals surface area contributed by atoms with E-state index in [4.69, 9.17) is 5.11 Å². The number of carboxylic acids is 1. The molecule has 1 unspecified atom stereocenters. The predicted octanol–water partition coefficient (Wildman–Crippen LogP) is 1.15. The van der Waals surface area contributed by atoms with Crippen molar-refractivity contribution in [3.05, 3.63) is 29.3 Å². The number of aliphatic carboxylic acids is 1. The van der Waals surface area contributed by atoms with Crippen molar-refractivity contribution in [1.29, 1.82) is 0 Å². The van der Waals surface area contributed by atoms with E-state index >= 15 is 0 Å². The molecule has 0 spiro atoms. The van der Waals surface area contributed by atoms with Crippen LogP contribution in [0.4, 0.5) is 10.5 Å². The first-order chi connectivity index (χ1) is 9.63. The van der Waals surface area contributed by atoms with Gasteiger partial charge in [0.05, 0.1) is 6.54 Å². The van der Waals surface area contributed by atoms with Crippen LogP contribution >= 0.6 is 0 Å². The fraction of sp³-hybridized carbons (Fsp3) is 0.357. The molecule has 7 nitrogen and oxygen atoms in total. The minimum atomic E-state index is -2.04. The van der Waals surface area contributed by atoms with Crippen LogP contribution in [0.1, 0.15) is 29.8 Å². The fourth-order valence-electron chi connectivity index (χ4n) is 1.64. The summed E-state index contributed by atoms with van der Waals surface area (Å²) in [6, 6.07) is 4.15. The second kappa shape index (κ2) is 6.36. The second-order valence-corrected chi connectivity index (χ2v) is 4.97. The normalized spacial score (nSPS) is 13.1. The van der Waals surface area contributed by atoms with Crippen LogP contribution in [0.15, 0.2) is 18.2 Å². The van der Waals surface area contributed by atoms with E-state index in [9.17, 15) is 19.5 Å². The van der Waals surface area contributed by atoms with Gasteiger partial charge in [0.25, 0.3) is 0 Å². The number of Topliss-reactive ketones (excluding diaryl/α,β-unsaturated/α-hetero) is 1. The Morgan fingerprint density at radius 1 is 1.29 bits per heavy atom. The highest BCUT2D eigenvalue weighted by Crippen LogP contribution is 2.15. The molecule has 0 aliphatic rings. The number of carbonyl (C=O) groups excluding carboxylic acids is 2. The maximum atomic E-state index is 11.6. The van der Waals surface area contributed by atoms with Crippen LogP contribution in [0.3, 0.4) is 0 Å². The summed E-state index contributed by atoms with van der Waals surface area (Å²) >= 11 is 0. The van der Waals surface area contributed by atoms with Gasteiger partial charge in [0.1, 0.15) is 0 Å². The summed E-state index contributed by atoms with van der Waals surface area (Å²) < 4.78 is 0. The third-order valence-electron chi connectivity index (χ3n) is 2.92. The maximum absolute atomic E-state index is 11.6. The lowest BCUT2D eigenvalue weighted by Crippen LogP contribution is -2.47. The Morgan fingerprint density at radius 3 is 2.38 bits per heavy atom. The number of rotatable bonds is 5. The van der Waals surface area contributed by atoms with E-state index in [1.54, 1.807) is 25.1 Å². The van der Waals surface area contributed by atoms with Crippen LogP contribution in [-0.4, -0.2) is 40.1 Å². The first-order valence-electron chi connectivity index (χ1n) is 6.25. The Bertz CT molecular complexity index is 581. The third-order valence-corrected chi connectivity index (χ3v) is 2.92. The number of ketones is 1. The molecule has 1 aromatic carbocycles. The topological polar surface area (TPSA) is 116 Å². The molecular weight excluding hydrogens is 276 g/mol. The summed E-state index contributed by atoms with van der Waals surface area (Å²) in [6.07, 6.45) is 0. The zero-order valence-corrected chi connectivity index (χ0v) is 12.1. The number of hydrogen-bond acceptors (Lipinski definition) is 4. The molecule has 0 saturated heterocycles. The number of carboxylic acid groups (broad SMARTS) is 1. The number of aliphatic hydroxyl groups is 1. The quantitative estimate of drug-likeness (QED) is 0.608. The van der Waals surface area contributed by atoms with E-state index in [0.717, 1.165) is 12.5 Å². The summed E-state index contributed by atoms with van der Waals surface area (Å²) in [5.41, 5.74) is -0.288. The average Bonchev–Trinajstić information content (AvgIpc) is 2.36. The highest BCUT2D eigenvalue weighted by Gasteiger charge is 2.30. The molecule has 1 rings (SSSR count). The Balaban J connectivity index is 2.66. The van der Waals surface area contributed by atoms with Crippen LogP contribution in [-0.2, 0) is 4.79 Å². The van der Waals surface area contributed by atoms with Gasteiger partial charge in [0, 0.05) is 11.3 Å². The minimum Gasteiger partial charge on any atom is -0.479 e. The molecule has 0 saturated carbocycles. The first-order valence-corrected chi connectivity index (χ1v) is 6.25. The number of anilines is 1. The summed E-state index contributed by atoms with van der Waals surface area (Å²) in [6.45, 7) is 3.85. The van der Waals surface area contributed by atoms with Crippen LogP contribution < -0.4 is 10.6 Å². The number of aryl methyl sites for hydroxylation is 1. The van der Waals surface area contributed by atoms with Crippen LogP contribution in [0, 0.1) is 6.92 Å². The molecule has 0 aliphatic carbocycles. The van der Waals surface area contributed by atoms with Crippen LogP contribution in [0.25, 0.3) is 0 Å². The maximum Gasteiger partial charge on any atom is 0.337 e.